The van der Waals surface area contributed by atoms with Gasteiger partial charge in [0.15, 0.2) is 0 Å². The fourth-order valence-corrected chi connectivity index (χ4v) is 0.943. The highest BCUT2D eigenvalue weighted by Gasteiger charge is 2.21. The molecule has 86 valence electrons. The van der Waals surface area contributed by atoms with E-state index in [9.17, 15) is 14.4 Å². The maximum absolute atomic E-state index is 11.2. The lowest BCUT2D eigenvalue weighted by atomic mass is 10.1. The summed E-state index contributed by atoms with van der Waals surface area (Å²) in [5.41, 5.74) is 0. The second kappa shape index (κ2) is 6.16. The fraction of sp³-hybridized carbons (Fsp3) is 0.700. The molecule has 0 fully saturated rings. The van der Waals surface area contributed by atoms with E-state index in [-0.39, 0.29) is 30.4 Å². The molecule has 0 aliphatic rings. The highest BCUT2D eigenvalue weighted by molar-refractivity contribution is 5.85. The van der Waals surface area contributed by atoms with Crippen LogP contribution in [0.4, 0.5) is 0 Å². The SMILES string of the molecule is CC(=O)CC[C@H](NC(=O)C(C)C)C(=O)O. The summed E-state index contributed by atoms with van der Waals surface area (Å²) in [6.45, 7) is 4.75. The number of carbonyl (C=O) groups excluding carboxylic acids is 2. The van der Waals surface area contributed by atoms with Gasteiger partial charge in [0.05, 0.1) is 0 Å². The maximum Gasteiger partial charge on any atom is 0.326 e. The minimum atomic E-state index is -1.11. The minimum absolute atomic E-state index is 0.0833. The van der Waals surface area contributed by atoms with Gasteiger partial charge in [0, 0.05) is 12.3 Å². The lowest BCUT2D eigenvalue weighted by molar-refractivity contribution is -0.142. The number of ketones is 1. The molecule has 5 nitrogen and oxygen atoms in total. The molecule has 0 aliphatic heterocycles. The van der Waals surface area contributed by atoms with Gasteiger partial charge in [-0.2, -0.15) is 0 Å². The number of rotatable bonds is 6. The van der Waals surface area contributed by atoms with Gasteiger partial charge < -0.3 is 15.2 Å². The average molecular weight is 215 g/mol. The van der Waals surface area contributed by atoms with Crippen LogP contribution in [0.5, 0.6) is 0 Å². The molecule has 0 aliphatic carbocycles. The van der Waals surface area contributed by atoms with Gasteiger partial charge in [0.25, 0.3) is 0 Å². The van der Waals surface area contributed by atoms with Gasteiger partial charge >= 0.3 is 5.97 Å². The average Bonchev–Trinajstić information content (AvgIpc) is 2.10. The number of nitrogens with one attached hydrogen (secondary N) is 1. The van der Waals surface area contributed by atoms with Crippen molar-refractivity contribution in [3.05, 3.63) is 0 Å². The van der Waals surface area contributed by atoms with Crippen molar-refractivity contribution in [2.75, 3.05) is 0 Å². The van der Waals surface area contributed by atoms with Gasteiger partial charge in [-0.05, 0) is 13.3 Å². The van der Waals surface area contributed by atoms with E-state index in [2.05, 4.69) is 5.32 Å². The third-order valence-corrected chi connectivity index (χ3v) is 1.92. The Hall–Kier alpha value is -1.39. The molecule has 2 N–H and O–H groups in total. The molecule has 0 aromatic carbocycles. The number of Topliss-reactive ketones (excluding diaryl/α,β-unsaturated/α-hetero) is 1. The van der Waals surface area contributed by atoms with Crippen LogP contribution >= 0.6 is 0 Å². The summed E-state index contributed by atoms with van der Waals surface area (Å²) >= 11 is 0. The quantitative estimate of drug-likeness (QED) is 0.679. The molecule has 0 spiro atoms. The molecule has 0 aromatic rings. The van der Waals surface area contributed by atoms with Crippen LogP contribution in [-0.2, 0) is 14.4 Å². The molecule has 0 bridgehead atoms. The second-order valence-corrected chi connectivity index (χ2v) is 3.79. The molecular formula is C10H17NO4. The van der Waals surface area contributed by atoms with Crippen molar-refractivity contribution in [2.24, 2.45) is 5.92 Å². The second-order valence-electron chi connectivity index (χ2n) is 3.79. The lowest BCUT2D eigenvalue weighted by Gasteiger charge is -2.15. The lowest BCUT2D eigenvalue weighted by Crippen LogP contribution is -2.42. The summed E-state index contributed by atoms with van der Waals surface area (Å²) in [6, 6.07) is -0.969. The molecule has 0 saturated carbocycles. The van der Waals surface area contributed by atoms with E-state index in [0.717, 1.165) is 0 Å². The Morgan fingerprint density at radius 2 is 1.80 bits per heavy atom. The van der Waals surface area contributed by atoms with Crippen LogP contribution < -0.4 is 5.32 Å². The predicted molar refractivity (Wildman–Crippen MR) is 54.3 cm³/mol. The third-order valence-electron chi connectivity index (χ3n) is 1.92. The van der Waals surface area contributed by atoms with Gasteiger partial charge in [0.1, 0.15) is 11.8 Å². The number of amides is 1. The third kappa shape index (κ3) is 5.83. The van der Waals surface area contributed by atoms with E-state index in [1.54, 1.807) is 13.8 Å². The van der Waals surface area contributed by atoms with Gasteiger partial charge in [-0.15, -0.1) is 0 Å². The molecular weight excluding hydrogens is 198 g/mol. The van der Waals surface area contributed by atoms with Gasteiger partial charge in [-0.25, -0.2) is 4.79 Å². The zero-order chi connectivity index (χ0) is 12.0. The summed E-state index contributed by atoms with van der Waals surface area (Å²) in [4.78, 5) is 32.7. The van der Waals surface area contributed by atoms with Crippen LogP contribution in [0.15, 0.2) is 0 Å². The van der Waals surface area contributed by atoms with Gasteiger partial charge in [-0.3, -0.25) is 4.79 Å². The van der Waals surface area contributed by atoms with Crippen molar-refractivity contribution >= 4 is 17.7 Å². The molecule has 0 radical (unpaired) electrons. The van der Waals surface area contributed by atoms with E-state index in [1.807, 2.05) is 0 Å². The molecule has 0 aromatic heterocycles. The van der Waals surface area contributed by atoms with Crippen LogP contribution in [0.2, 0.25) is 0 Å². The molecule has 0 saturated heterocycles. The zero-order valence-corrected chi connectivity index (χ0v) is 9.24. The first kappa shape index (κ1) is 13.6. The van der Waals surface area contributed by atoms with Gasteiger partial charge in [-0.1, -0.05) is 13.8 Å². The maximum atomic E-state index is 11.2. The van der Waals surface area contributed by atoms with Crippen LogP contribution in [0.25, 0.3) is 0 Å². The molecule has 0 unspecified atom stereocenters. The molecule has 1 amide bonds. The van der Waals surface area contributed by atoms with Crippen molar-refractivity contribution in [2.45, 2.75) is 39.7 Å². The highest BCUT2D eigenvalue weighted by Crippen LogP contribution is 2.01. The van der Waals surface area contributed by atoms with E-state index < -0.39 is 12.0 Å². The fourth-order valence-electron chi connectivity index (χ4n) is 0.943. The molecule has 5 heteroatoms. The Morgan fingerprint density at radius 3 is 2.13 bits per heavy atom. The van der Waals surface area contributed by atoms with Crippen LogP contribution in [0.3, 0.4) is 0 Å². The predicted octanol–water partition coefficient (Wildman–Crippen LogP) is 0.581. The Balaban J connectivity index is 4.22. The van der Waals surface area contributed by atoms with E-state index in [1.165, 1.54) is 6.92 Å². The van der Waals surface area contributed by atoms with Crippen LogP contribution in [0.1, 0.15) is 33.6 Å². The number of carboxylic acid groups (broad SMARTS) is 1. The summed E-state index contributed by atoms with van der Waals surface area (Å²) in [7, 11) is 0. The standard InChI is InChI=1S/C10H17NO4/c1-6(2)9(13)11-8(10(14)15)5-4-7(3)12/h6,8H,4-5H2,1-3H3,(H,11,13)(H,14,15)/t8-/m0/s1. The Bertz CT molecular complexity index is 260. The number of carbonyl (C=O) groups is 3. The van der Waals surface area contributed by atoms with Crippen molar-refractivity contribution in [3.63, 3.8) is 0 Å². The number of aliphatic carboxylic acids is 1. The molecule has 0 heterocycles. The molecule has 0 rings (SSSR count). The normalized spacial score (nSPS) is 12.3. The number of hydrogen-bond acceptors (Lipinski definition) is 3. The summed E-state index contributed by atoms with van der Waals surface area (Å²) < 4.78 is 0. The highest BCUT2D eigenvalue weighted by atomic mass is 16.4. The van der Waals surface area contributed by atoms with E-state index >= 15 is 0 Å². The number of hydrogen-bond donors (Lipinski definition) is 2. The van der Waals surface area contributed by atoms with Gasteiger partial charge in [0.2, 0.25) is 5.91 Å². The Labute approximate surface area is 88.9 Å². The van der Waals surface area contributed by atoms with Crippen LogP contribution in [-0.4, -0.2) is 28.8 Å². The summed E-state index contributed by atoms with van der Waals surface area (Å²) in [5.74, 6) is -1.76. The van der Waals surface area contributed by atoms with Crippen molar-refractivity contribution in [3.8, 4) is 0 Å². The first-order chi connectivity index (χ1) is 6.84. The monoisotopic (exact) mass is 215 g/mol. The van der Waals surface area contributed by atoms with Crippen molar-refractivity contribution < 1.29 is 19.5 Å². The first-order valence-corrected chi connectivity index (χ1v) is 4.87. The van der Waals surface area contributed by atoms with Crippen LogP contribution in [0, 0.1) is 5.92 Å². The smallest absolute Gasteiger partial charge is 0.326 e. The van der Waals surface area contributed by atoms with E-state index in [0.29, 0.717) is 0 Å². The Morgan fingerprint density at radius 1 is 1.27 bits per heavy atom. The minimum Gasteiger partial charge on any atom is -0.480 e. The summed E-state index contributed by atoms with van der Waals surface area (Å²) in [6.07, 6.45) is 0.304. The van der Waals surface area contributed by atoms with Crippen molar-refractivity contribution in [1.29, 1.82) is 0 Å². The largest absolute Gasteiger partial charge is 0.480 e. The Kier molecular flexibility index (Phi) is 5.59. The number of carboxylic acids is 1. The first-order valence-electron chi connectivity index (χ1n) is 4.87. The zero-order valence-electron chi connectivity index (χ0n) is 9.24. The van der Waals surface area contributed by atoms with E-state index in [4.69, 9.17) is 5.11 Å². The topological polar surface area (TPSA) is 83.5 Å². The van der Waals surface area contributed by atoms with Crippen molar-refractivity contribution in [1.82, 2.24) is 5.32 Å². The summed E-state index contributed by atoms with van der Waals surface area (Å²) in [5, 5.41) is 11.2. The molecule has 1 atom stereocenters. The molecule has 15 heavy (non-hydrogen) atoms.